The Labute approximate surface area is 142 Å². The normalized spacial score (nSPS) is 12.9. The fourth-order valence-corrected chi connectivity index (χ4v) is 3.22. The molecule has 122 valence electrons. The number of anilines is 1. The number of aromatic nitrogens is 1. The maximum absolute atomic E-state index is 12.4. The van der Waals surface area contributed by atoms with Gasteiger partial charge in [-0.3, -0.25) is 34.4 Å². The van der Waals surface area contributed by atoms with Crippen molar-refractivity contribution in [2.24, 2.45) is 0 Å². The van der Waals surface area contributed by atoms with E-state index in [1.165, 1.54) is 6.07 Å². The van der Waals surface area contributed by atoms with Crippen molar-refractivity contribution in [3.8, 4) is 5.69 Å². The molecule has 1 aliphatic heterocycles. The average Bonchev–Trinajstić information content (AvgIpc) is 2.75. The van der Waals surface area contributed by atoms with Crippen molar-refractivity contribution in [1.29, 1.82) is 0 Å². The lowest BCUT2D eigenvalue weighted by Crippen LogP contribution is -2.25. The van der Waals surface area contributed by atoms with Crippen LogP contribution in [0.2, 0.25) is 0 Å². The van der Waals surface area contributed by atoms with Crippen LogP contribution in [0.5, 0.6) is 0 Å². The highest BCUT2D eigenvalue weighted by Crippen LogP contribution is 2.32. The number of nitrogens with zero attached hydrogens (tertiary/aromatic N) is 2. The highest BCUT2D eigenvalue weighted by Gasteiger charge is 2.33. The molecule has 1 aromatic carbocycles. The van der Waals surface area contributed by atoms with Crippen molar-refractivity contribution in [2.45, 2.75) is 6.92 Å². The van der Waals surface area contributed by atoms with E-state index in [1.54, 1.807) is 13.0 Å². The van der Waals surface area contributed by atoms with Crippen LogP contribution >= 0.6 is 15.9 Å². The largest absolute Gasteiger partial charge is 0.384 e. The fraction of sp³-hybridized carbons (Fsp3) is 0.0714. The summed E-state index contributed by atoms with van der Waals surface area (Å²) < 4.78 is 1.33. The number of pyridine rings is 1. The first kappa shape index (κ1) is 15.9. The van der Waals surface area contributed by atoms with E-state index in [0.29, 0.717) is 10.0 Å². The van der Waals surface area contributed by atoms with Crippen LogP contribution in [0.15, 0.2) is 27.5 Å². The van der Waals surface area contributed by atoms with E-state index in [9.17, 15) is 24.5 Å². The van der Waals surface area contributed by atoms with Crippen LogP contribution in [-0.4, -0.2) is 21.3 Å². The Hall–Kier alpha value is -3.01. The van der Waals surface area contributed by atoms with Gasteiger partial charge in [0.15, 0.2) is 0 Å². The first-order valence-electron chi connectivity index (χ1n) is 6.58. The van der Waals surface area contributed by atoms with Gasteiger partial charge in [-0.1, -0.05) is 15.9 Å². The van der Waals surface area contributed by atoms with Crippen molar-refractivity contribution in [1.82, 2.24) is 9.88 Å². The smallest absolute Gasteiger partial charge is 0.294 e. The number of aryl methyl sites for hydroxylation is 1. The summed E-state index contributed by atoms with van der Waals surface area (Å²) in [6, 6.07) is 3.75. The molecule has 0 unspecified atom stereocenters. The van der Waals surface area contributed by atoms with Gasteiger partial charge in [0.1, 0.15) is 11.5 Å². The highest BCUT2D eigenvalue weighted by molar-refractivity contribution is 9.10. The Morgan fingerprint density at radius 3 is 2.50 bits per heavy atom. The molecule has 0 atom stereocenters. The zero-order chi connectivity index (χ0) is 17.8. The molecular formula is C14H9BrN4O5. The quantitative estimate of drug-likeness (QED) is 0.448. The number of imide groups is 1. The molecule has 1 aliphatic rings. The number of nitrogen functional groups attached to an aromatic ring is 1. The molecule has 3 N–H and O–H groups in total. The van der Waals surface area contributed by atoms with E-state index in [-0.39, 0.29) is 28.3 Å². The second-order valence-corrected chi connectivity index (χ2v) is 6.04. The summed E-state index contributed by atoms with van der Waals surface area (Å²) >= 11 is 3.16. The lowest BCUT2D eigenvalue weighted by atomic mass is 10.1. The molecule has 0 saturated heterocycles. The summed E-state index contributed by atoms with van der Waals surface area (Å²) in [7, 11) is 0. The summed E-state index contributed by atoms with van der Waals surface area (Å²) in [5.74, 6) is -1.80. The number of benzene rings is 1. The Kier molecular flexibility index (Phi) is 3.48. The highest BCUT2D eigenvalue weighted by atomic mass is 79.9. The molecule has 0 radical (unpaired) electrons. The first-order chi connectivity index (χ1) is 11.2. The Balaban J connectivity index is 2.44. The van der Waals surface area contributed by atoms with Crippen molar-refractivity contribution in [2.75, 3.05) is 5.73 Å². The van der Waals surface area contributed by atoms with E-state index in [4.69, 9.17) is 5.73 Å². The zero-order valence-corrected chi connectivity index (χ0v) is 13.7. The van der Waals surface area contributed by atoms with Crippen molar-refractivity contribution < 1.29 is 14.5 Å². The molecule has 9 nitrogen and oxygen atoms in total. The topological polar surface area (TPSA) is 137 Å². The molecule has 0 spiro atoms. The lowest BCUT2D eigenvalue weighted by molar-refractivity contribution is -0.384. The third-order valence-corrected chi connectivity index (χ3v) is 4.08. The van der Waals surface area contributed by atoms with Crippen LogP contribution in [-0.2, 0) is 0 Å². The summed E-state index contributed by atoms with van der Waals surface area (Å²) in [5.41, 5.74) is 4.84. The Morgan fingerprint density at radius 1 is 1.21 bits per heavy atom. The summed E-state index contributed by atoms with van der Waals surface area (Å²) in [6.07, 6.45) is 0. The van der Waals surface area contributed by atoms with Crippen LogP contribution in [0, 0.1) is 17.0 Å². The van der Waals surface area contributed by atoms with Crippen LogP contribution in [0.3, 0.4) is 0 Å². The maximum atomic E-state index is 12.4. The number of hydrogen-bond donors (Lipinski definition) is 2. The monoisotopic (exact) mass is 392 g/mol. The van der Waals surface area contributed by atoms with Gasteiger partial charge in [0.05, 0.1) is 16.1 Å². The van der Waals surface area contributed by atoms with Gasteiger partial charge in [-0.2, -0.15) is 0 Å². The minimum Gasteiger partial charge on any atom is -0.384 e. The number of nitro groups is 1. The number of amides is 2. The Bertz CT molecular complexity index is 1010. The predicted molar refractivity (Wildman–Crippen MR) is 87.3 cm³/mol. The van der Waals surface area contributed by atoms with E-state index < -0.39 is 22.3 Å². The second kappa shape index (κ2) is 5.27. The second-order valence-electron chi connectivity index (χ2n) is 5.12. The third-order valence-electron chi connectivity index (χ3n) is 3.62. The molecule has 0 fully saturated rings. The standard InChI is InChI=1S/C14H9BrN4O5/c1-5-2-6(15)3-8(19(23)24)11(5)18-9(20)4-7-10(12(18)16)14(22)17-13(7)21/h2-4H,16H2,1H3,(H,17,21,22). The van der Waals surface area contributed by atoms with Gasteiger partial charge in [0.25, 0.3) is 23.1 Å². The number of nitrogens with one attached hydrogen (secondary N) is 1. The molecule has 0 bridgehead atoms. The van der Waals surface area contributed by atoms with Crippen LogP contribution in [0.25, 0.3) is 5.69 Å². The lowest BCUT2D eigenvalue weighted by Gasteiger charge is -2.14. The number of rotatable bonds is 2. The average molecular weight is 393 g/mol. The van der Waals surface area contributed by atoms with Crippen molar-refractivity contribution >= 4 is 39.2 Å². The van der Waals surface area contributed by atoms with Gasteiger partial charge >= 0.3 is 0 Å². The molecule has 2 amide bonds. The van der Waals surface area contributed by atoms with E-state index >= 15 is 0 Å². The minimum atomic E-state index is -0.751. The van der Waals surface area contributed by atoms with Crippen LogP contribution < -0.4 is 16.6 Å². The van der Waals surface area contributed by atoms with Gasteiger partial charge in [0, 0.05) is 16.6 Å². The number of carbonyl (C=O) groups is 2. The van der Waals surface area contributed by atoms with Crippen LogP contribution in [0.4, 0.5) is 11.5 Å². The SMILES string of the molecule is Cc1cc(Br)cc([N+](=O)[O-])c1-n1c(N)c2c(cc1=O)C(=O)NC2=O. The molecule has 3 rings (SSSR count). The Morgan fingerprint density at radius 2 is 1.88 bits per heavy atom. The number of nitro benzene ring substituents is 1. The summed E-state index contributed by atoms with van der Waals surface area (Å²) in [5, 5.41) is 13.4. The van der Waals surface area contributed by atoms with Crippen molar-refractivity contribution in [3.63, 3.8) is 0 Å². The zero-order valence-electron chi connectivity index (χ0n) is 12.1. The number of carbonyl (C=O) groups excluding carboxylic acids is 2. The van der Waals surface area contributed by atoms with E-state index in [0.717, 1.165) is 10.6 Å². The fourth-order valence-electron chi connectivity index (χ4n) is 2.66. The maximum Gasteiger partial charge on any atom is 0.294 e. The first-order valence-corrected chi connectivity index (χ1v) is 7.37. The number of halogens is 1. The predicted octanol–water partition coefficient (Wildman–Crippen LogP) is 1.28. The number of fused-ring (bicyclic) bond motifs is 1. The third kappa shape index (κ3) is 2.19. The molecule has 2 aromatic rings. The van der Waals surface area contributed by atoms with Gasteiger partial charge in [0.2, 0.25) is 0 Å². The van der Waals surface area contributed by atoms with E-state index in [2.05, 4.69) is 15.9 Å². The van der Waals surface area contributed by atoms with Crippen LogP contribution in [0.1, 0.15) is 26.3 Å². The van der Waals surface area contributed by atoms with Gasteiger partial charge < -0.3 is 5.73 Å². The molecule has 10 heteroatoms. The summed E-state index contributed by atoms with van der Waals surface area (Å²) in [4.78, 5) is 46.7. The summed E-state index contributed by atoms with van der Waals surface area (Å²) in [6.45, 7) is 1.57. The molecule has 0 saturated carbocycles. The van der Waals surface area contributed by atoms with Gasteiger partial charge in [-0.25, -0.2) is 0 Å². The molecular weight excluding hydrogens is 384 g/mol. The molecule has 2 heterocycles. The molecule has 24 heavy (non-hydrogen) atoms. The van der Waals surface area contributed by atoms with E-state index in [1.807, 2.05) is 5.32 Å². The van der Waals surface area contributed by atoms with Gasteiger partial charge in [-0.05, 0) is 18.6 Å². The number of hydrogen-bond acceptors (Lipinski definition) is 6. The molecule has 0 aliphatic carbocycles. The molecule has 1 aromatic heterocycles. The van der Waals surface area contributed by atoms with Crippen molar-refractivity contribution in [3.05, 3.63) is 59.8 Å². The van der Waals surface area contributed by atoms with Gasteiger partial charge in [-0.15, -0.1) is 0 Å². The minimum absolute atomic E-state index is 0.0550. The number of nitrogens with two attached hydrogens (primary N) is 1.